The Morgan fingerprint density at radius 1 is 1.18 bits per heavy atom. The van der Waals surface area contributed by atoms with Gasteiger partial charge < -0.3 is 10.6 Å². The van der Waals surface area contributed by atoms with Gasteiger partial charge in [-0.05, 0) is 50.8 Å². The molecule has 1 aromatic heterocycles. The molecule has 1 aliphatic rings. The van der Waals surface area contributed by atoms with Gasteiger partial charge in [0.05, 0.1) is 0 Å². The number of aromatic nitrogens is 2. The molecule has 2 N–H and O–H groups in total. The molecule has 5 heteroatoms. The number of carbonyl (C=O) groups excluding carboxylic acids is 1. The van der Waals surface area contributed by atoms with Crippen molar-refractivity contribution in [2.45, 2.75) is 39.7 Å². The van der Waals surface area contributed by atoms with Crippen LogP contribution in [-0.4, -0.2) is 21.9 Å². The van der Waals surface area contributed by atoms with Crippen LogP contribution in [0.5, 0.6) is 0 Å². The van der Waals surface area contributed by atoms with Crippen LogP contribution in [0.4, 0.5) is 11.6 Å². The van der Waals surface area contributed by atoms with Crippen LogP contribution in [0.3, 0.4) is 0 Å². The van der Waals surface area contributed by atoms with Crippen molar-refractivity contribution in [2.24, 2.45) is 0 Å². The number of benzene rings is 1. The van der Waals surface area contributed by atoms with Crippen LogP contribution in [0.2, 0.25) is 0 Å². The summed E-state index contributed by atoms with van der Waals surface area (Å²) < 4.78 is 0. The molecule has 22 heavy (non-hydrogen) atoms. The van der Waals surface area contributed by atoms with Gasteiger partial charge in [0.25, 0.3) is 5.91 Å². The predicted molar refractivity (Wildman–Crippen MR) is 86.5 cm³/mol. The molecule has 0 saturated heterocycles. The van der Waals surface area contributed by atoms with Crippen molar-refractivity contribution in [1.82, 2.24) is 15.3 Å². The van der Waals surface area contributed by atoms with E-state index < -0.39 is 0 Å². The van der Waals surface area contributed by atoms with Crippen molar-refractivity contribution in [3.63, 3.8) is 0 Å². The minimum Gasteiger partial charge on any atom is -0.348 e. The first kappa shape index (κ1) is 14.5. The third-order valence-corrected chi connectivity index (χ3v) is 3.71. The molecule has 0 radical (unpaired) electrons. The highest BCUT2D eigenvalue weighted by Crippen LogP contribution is 2.24. The van der Waals surface area contributed by atoms with E-state index in [4.69, 9.17) is 0 Å². The van der Waals surface area contributed by atoms with Gasteiger partial charge in [-0.15, -0.1) is 0 Å². The Morgan fingerprint density at radius 2 is 1.86 bits per heavy atom. The number of hydrogen-bond donors (Lipinski definition) is 2. The molecule has 2 aromatic rings. The molecule has 1 fully saturated rings. The number of hydrogen-bond acceptors (Lipinski definition) is 4. The summed E-state index contributed by atoms with van der Waals surface area (Å²) in [5, 5.41) is 6.16. The zero-order valence-corrected chi connectivity index (χ0v) is 13.1. The van der Waals surface area contributed by atoms with E-state index in [2.05, 4.69) is 39.7 Å². The summed E-state index contributed by atoms with van der Waals surface area (Å²) in [5.74, 6) is 0.309. The number of amides is 1. The van der Waals surface area contributed by atoms with E-state index in [1.54, 1.807) is 12.3 Å². The number of nitrogens with zero attached hydrogens (tertiary/aromatic N) is 2. The molecule has 0 spiro atoms. The van der Waals surface area contributed by atoms with E-state index in [1.165, 1.54) is 5.56 Å². The van der Waals surface area contributed by atoms with Crippen LogP contribution < -0.4 is 10.6 Å². The lowest BCUT2D eigenvalue weighted by Gasteiger charge is -2.13. The maximum Gasteiger partial charge on any atom is 0.270 e. The Bertz CT molecular complexity index is 699. The van der Waals surface area contributed by atoms with Gasteiger partial charge in [0.2, 0.25) is 5.95 Å². The number of rotatable bonds is 4. The molecule has 0 aliphatic heterocycles. The molecular weight excluding hydrogens is 276 g/mol. The summed E-state index contributed by atoms with van der Waals surface area (Å²) in [4.78, 5) is 20.6. The van der Waals surface area contributed by atoms with Gasteiger partial charge in [0.1, 0.15) is 5.69 Å². The van der Waals surface area contributed by atoms with E-state index in [9.17, 15) is 4.79 Å². The van der Waals surface area contributed by atoms with Gasteiger partial charge in [-0.2, -0.15) is 0 Å². The zero-order valence-electron chi connectivity index (χ0n) is 13.1. The Balaban J connectivity index is 1.82. The topological polar surface area (TPSA) is 66.9 Å². The molecule has 1 heterocycles. The molecular formula is C17H20N4O. The predicted octanol–water partition coefficient (Wildman–Crippen LogP) is 3.04. The number of carbonyl (C=O) groups is 1. The summed E-state index contributed by atoms with van der Waals surface area (Å²) in [5.41, 5.74) is 4.87. The van der Waals surface area contributed by atoms with Crippen molar-refractivity contribution in [1.29, 1.82) is 0 Å². The largest absolute Gasteiger partial charge is 0.348 e. The summed E-state index contributed by atoms with van der Waals surface area (Å²) in [7, 11) is 0. The fourth-order valence-electron chi connectivity index (χ4n) is 2.52. The fraction of sp³-hybridized carbons (Fsp3) is 0.353. The average Bonchev–Trinajstić information content (AvgIpc) is 3.27. The molecule has 3 rings (SSSR count). The van der Waals surface area contributed by atoms with Gasteiger partial charge in [-0.25, -0.2) is 9.97 Å². The lowest BCUT2D eigenvalue weighted by Crippen LogP contribution is -2.26. The van der Waals surface area contributed by atoms with E-state index in [0.717, 1.165) is 29.7 Å². The molecule has 0 unspecified atom stereocenters. The second-order valence-corrected chi connectivity index (χ2v) is 5.91. The van der Waals surface area contributed by atoms with Gasteiger partial charge in [-0.3, -0.25) is 4.79 Å². The number of aryl methyl sites for hydroxylation is 3. The first-order valence-corrected chi connectivity index (χ1v) is 7.52. The number of nitrogens with one attached hydrogen (secondary N) is 2. The van der Waals surface area contributed by atoms with Crippen LogP contribution in [0.15, 0.2) is 24.4 Å². The summed E-state index contributed by atoms with van der Waals surface area (Å²) in [6, 6.07) is 6.18. The lowest BCUT2D eigenvalue weighted by atomic mass is 10.1. The maximum atomic E-state index is 12.0. The van der Waals surface area contributed by atoms with Crippen molar-refractivity contribution >= 4 is 17.5 Å². The molecule has 0 bridgehead atoms. The van der Waals surface area contributed by atoms with Crippen molar-refractivity contribution in [2.75, 3.05) is 5.32 Å². The van der Waals surface area contributed by atoms with Crippen LogP contribution in [0.25, 0.3) is 0 Å². The molecule has 1 amide bonds. The third kappa shape index (κ3) is 3.24. The monoisotopic (exact) mass is 296 g/mol. The van der Waals surface area contributed by atoms with Crippen LogP contribution >= 0.6 is 0 Å². The van der Waals surface area contributed by atoms with Crippen molar-refractivity contribution < 1.29 is 4.79 Å². The SMILES string of the molecule is Cc1cc(C)c(Nc2nccc(C(=O)NC3CC3)n2)c(C)c1. The molecule has 114 valence electrons. The Hall–Kier alpha value is -2.43. The molecule has 1 aromatic carbocycles. The van der Waals surface area contributed by atoms with E-state index >= 15 is 0 Å². The van der Waals surface area contributed by atoms with E-state index in [0.29, 0.717) is 17.7 Å². The van der Waals surface area contributed by atoms with E-state index in [1.807, 2.05) is 13.8 Å². The minimum absolute atomic E-state index is 0.134. The highest BCUT2D eigenvalue weighted by molar-refractivity contribution is 5.92. The second kappa shape index (κ2) is 5.75. The van der Waals surface area contributed by atoms with Gasteiger partial charge in [-0.1, -0.05) is 17.7 Å². The van der Waals surface area contributed by atoms with Gasteiger partial charge in [0, 0.05) is 17.9 Å². The highest BCUT2D eigenvalue weighted by atomic mass is 16.2. The Labute approximate surface area is 130 Å². The van der Waals surface area contributed by atoms with Crippen LogP contribution in [0, 0.1) is 20.8 Å². The standard InChI is InChI=1S/C17H20N4O/c1-10-8-11(2)15(12(3)9-10)21-17-18-7-6-14(20-17)16(22)19-13-4-5-13/h6-9,13H,4-5H2,1-3H3,(H,19,22)(H,18,20,21). The maximum absolute atomic E-state index is 12.0. The smallest absolute Gasteiger partial charge is 0.270 e. The zero-order chi connectivity index (χ0) is 15.7. The molecule has 1 saturated carbocycles. The molecule has 5 nitrogen and oxygen atoms in total. The Morgan fingerprint density at radius 3 is 2.50 bits per heavy atom. The molecule has 0 atom stereocenters. The Kier molecular flexibility index (Phi) is 3.79. The van der Waals surface area contributed by atoms with Gasteiger partial charge >= 0.3 is 0 Å². The van der Waals surface area contributed by atoms with Crippen molar-refractivity contribution in [3.8, 4) is 0 Å². The molecule has 1 aliphatic carbocycles. The number of anilines is 2. The lowest BCUT2D eigenvalue weighted by molar-refractivity contribution is 0.0946. The fourth-order valence-corrected chi connectivity index (χ4v) is 2.52. The first-order chi connectivity index (χ1) is 10.5. The van der Waals surface area contributed by atoms with Gasteiger partial charge in [0.15, 0.2) is 0 Å². The quantitative estimate of drug-likeness (QED) is 0.910. The summed E-state index contributed by atoms with van der Waals surface area (Å²) >= 11 is 0. The minimum atomic E-state index is -0.134. The van der Waals surface area contributed by atoms with Crippen LogP contribution in [-0.2, 0) is 0 Å². The van der Waals surface area contributed by atoms with Crippen molar-refractivity contribution in [3.05, 3.63) is 46.8 Å². The normalized spacial score (nSPS) is 13.8. The average molecular weight is 296 g/mol. The summed E-state index contributed by atoms with van der Waals surface area (Å²) in [6.07, 6.45) is 3.73. The third-order valence-electron chi connectivity index (χ3n) is 3.71. The second-order valence-electron chi connectivity index (χ2n) is 5.91. The van der Waals surface area contributed by atoms with Crippen LogP contribution in [0.1, 0.15) is 40.0 Å². The summed E-state index contributed by atoms with van der Waals surface area (Å²) in [6.45, 7) is 6.17. The first-order valence-electron chi connectivity index (χ1n) is 7.52. The highest BCUT2D eigenvalue weighted by Gasteiger charge is 2.24. The van der Waals surface area contributed by atoms with E-state index in [-0.39, 0.29) is 5.91 Å².